The highest BCUT2D eigenvalue weighted by Gasteiger charge is 2.15. The fourth-order valence-electron chi connectivity index (χ4n) is 3.89. The first kappa shape index (κ1) is 17.1. The molecule has 2 N–H and O–H groups in total. The van der Waals surface area contributed by atoms with Crippen molar-refractivity contribution in [3.05, 3.63) is 84.3 Å². The van der Waals surface area contributed by atoms with Crippen LogP contribution in [0.2, 0.25) is 0 Å². The summed E-state index contributed by atoms with van der Waals surface area (Å²) >= 11 is 1.16. The number of aromatic nitrogens is 4. The van der Waals surface area contributed by atoms with Crippen LogP contribution in [0.4, 0.5) is 4.39 Å². The fourth-order valence-corrected chi connectivity index (χ4v) is 4.66. The van der Waals surface area contributed by atoms with E-state index in [0.29, 0.717) is 0 Å². The highest BCUT2D eigenvalue weighted by Crippen LogP contribution is 2.37. The summed E-state index contributed by atoms with van der Waals surface area (Å²) in [6.45, 7) is 0. The highest BCUT2D eigenvalue weighted by molar-refractivity contribution is 7.14. The van der Waals surface area contributed by atoms with E-state index in [1.165, 1.54) is 6.07 Å². The second kappa shape index (κ2) is 6.64. The zero-order chi connectivity index (χ0) is 20.1. The van der Waals surface area contributed by atoms with Crippen molar-refractivity contribution >= 4 is 33.1 Å². The van der Waals surface area contributed by atoms with E-state index in [1.54, 1.807) is 6.20 Å². The first-order valence-electron chi connectivity index (χ1n) is 9.52. The van der Waals surface area contributed by atoms with Crippen molar-refractivity contribution in [1.29, 1.82) is 0 Å². The smallest absolute Gasteiger partial charge is 0.176 e. The number of hydrogen-bond donors (Lipinski definition) is 2. The number of H-pyrrole nitrogens is 2. The van der Waals surface area contributed by atoms with Crippen LogP contribution in [0, 0.1) is 5.13 Å². The zero-order valence-electron chi connectivity index (χ0n) is 15.7. The molecule has 144 valence electrons. The Labute approximate surface area is 175 Å². The molecule has 0 atom stereocenters. The summed E-state index contributed by atoms with van der Waals surface area (Å²) in [6, 6.07) is 21.7. The number of fused-ring (bicyclic) bond motifs is 2. The van der Waals surface area contributed by atoms with E-state index in [4.69, 9.17) is 0 Å². The lowest BCUT2D eigenvalue weighted by Gasteiger charge is -2.01. The minimum absolute atomic E-state index is 0.181. The standard InChI is InChI=1S/C24H15FN4S/c25-23-9-8-22(30-23)16-4-1-5-19-17(16)12-21(27-19)24-18-11-14(6-7-20(18)28-29-24)15-3-2-10-26-13-15/h1-13,27H,(H,28,29). The SMILES string of the molecule is Fc1ccc(-c2cccc3[nH]c(-c4n[nH]c5ccc(-c6cccnc6)cc45)cc23)s1. The second-order valence-corrected chi connectivity index (χ2v) is 8.16. The lowest BCUT2D eigenvalue weighted by Crippen LogP contribution is -1.81. The largest absolute Gasteiger partial charge is 0.353 e. The van der Waals surface area contributed by atoms with Crippen molar-refractivity contribution in [2.75, 3.05) is 0 Å². The van der Waals surface area contributed by atoms with E-state index in [1.807, 2.05) is 48.7 Å². The fraction of sp³-hybridized carbons (Fsp3) is 0. The summed E-state index contributed by atoms with van der Waals surface area (Å²) in [7, 11) is 0. The molecule has 0 aliphatic carbocycles. The van der Waals surface area contributed by atoms with Gasteiger partial charge in [-0.05, 0) is 48.0 Å². The predicted molar refractivity (Wildman–Crippen MR) is 120 cm³/mol. The van der Waals surface area contributed by atoms with Crippen molar-refractivity contribution in [3.63, 3.8) is 0 Å². The summed E-state index contributed by atoms with van der Waals surface area (Å²) in [5.74, 6) is 0. The average molecular weight is 410 g/mol. The van der Waals surface area contributed by atoms with Crippen LogP contribution in [0.15, 0.2) is 79.1 Å². The molecule has 0 bridgehead atoms. The lowest BCUT2D eigenvalue weighted by molar-refractivity contribution is 0.657. The molecule has 0 aliphatic rings. The summed E-state index contributed by atoms with van der Waals surface area (Å²) < 4.78 is 13.6. The molecule has 6 rings (SSSR count). The van der Waals surface area contributed by atoms with Gasteiger partial charge in [0.15, 0.2) is 5.13 Å². The lowest BCUT2D eigenvalue weighted by atomic mass is 10.0. The van der Waals surface area contributed by atoms with E-state index < -0.39 is 0 Å². The van der Waals surface area contributed by atoms with E-state index in [9.17, 15) is 4.39 Å². The van der Waals surface area contributed by atoms with Gasteiger partial charge >= 0.3 is 0 Å². The normalized spacial score (nSPS) is 11.5. The van der Waals surface area contributed by atoms with E-state index >= 15 is 0 Å². The van der Waals surface area contributed by atoms with Gasteiger partial charge < -0.3 is 4.98 Å². The van der Waals surface area contributed by atoms with Crippen LogP contribution in [0.5, 0.6) is 0 Å². The van der Waals surface area contributed by atoms with Crippen LogP contribution in [0.25, 0.3) is 54.8 Å². The Morgan fingerprint density at radius 2 is 1.80 bits per heavy atom. The van der Waals surface area contributed by atoms with Gasteiger partial charge in [-0.3, -0.25) is 10.1 Å². The summed E-state index contributed by atoms with van der Waals surface area (Å²) in [4.78, 5) is 8.62. The molecule has 0 unspecified atom stereocenters. The molecule has 0 fully saturated rings. The van der Waals surface area contributed by atoms with Gasteiger partial charge in [0.1, 0.15) is 5.69 Å². The first-order chi connectivity index (χ1) is 14.8. The van der Waals surface area contributed by atoms with Crippen molar-refractivity contribution in [2.45, 2.75) is 0 Å². The van der Waals surface area contributed by atoms with Gasteiger partial charge in [-0.15, -0.1) is 11.3 Å². The quantitative estimate of drug-likeness (QED) is 0.343. The Morgan fingerprint density at radius 1 is 0.833 bits per heavy atom. The number of nitrogens with one attached hydrogen (secondary N) is 2. The Bertz CT molecular complexity index is 1510. The van der Waals surface area contributed by atoms with Crippen molar-refractivity contribution < 1.29 is 4.39 Å². The van der Waals surface area contributed by atoms with Gasteiger partial charge in [0.05, 0.1) is 11.2 Å². The van der Waals surface area contributed by atoms with Gasteiger partial charge in [-0.1, -0.05) is 24.3 Å². The van der Waals surface area contributed by atoms with Gasteiger partial charge in [0, 0.05) is 44.7 Å². The molecular formula is C24H15FN4S. The number of pyridine rings is 1. The molecule has 30 heavy (non-hydrogen) atoms. The molecule has 0 amide bonds. The third-order valence-electron chi connectivity index (χ3n) is 5.32. The molecule has 0 aliphatic heterocycles. The summed E-state index contributed by atoms with van der Waals surface area (Å²) in [6.07, 6.45) is 3.63. The van der Waals surface area contributed by atoms with Gasteiger partial charge in [0.25, 0.3) is 0 Å². The van der Waals surface area contributed by atoms with E-state index in [2.05, 4.69) is 38.4 Å². The van der Waals surface area contributed by atoms with Crippen LogP contribution >= 0.6 is 11.3 Å². The van der Waals surface area contributed by atoms with Crippen LogP contribution in [-0.2, 0) is 0 Å². The van der Waals surface area contributed by atoms with Crippen molar-refractivity contribution in [1.82, 2.24) is 20.2 Å². The molecule has 2 aromatic carbocycles. The molecule has 4 heterocycles. The van der Waals surface area contributed by atoms with E-state index in [0.717, 1.165) is 66.1 Å². The summed E-state index contributed by atoms with van der Waals surface area (Å²) in [5.41, 5.74) is 6.90. The van der Waals surface area contributed by atoms with Crippen LogP contribution < -0.4 is 0 Å². The highest BCUT2D eigenvalue weighted by atomic mass is 32.1. The third-order valence-corrected chi connectivity index (χ3v) is 6.22. The maximum absolute atomic E-state index is 13.6. The average Bonchev–Trinajstić information content (AvgIpc) is 3.51. The van der Waals surface area contributed by atoms with Crippen molar-refractivity contribution in [3.8, 4) is 33.0 Å². The predicted octanol–water partition coefficient (Wildman–Crippen LogP) is 6.64. The Kier molecular flexibility index (Phi) is 3.79. The van der Waals surface area contributed by atoms with Crippen LogP contribution in [0.1, 0.15) is 0 Å². The number of halogens is 1. The molecule has 0 saturated carbocycles. The molecule has 4 aromatic heterocycles. The van der Waals surface area contributed by atoms with Gasteiger partial charge in [-0.2, -0.15) is 9.49 Å². The molecule has 0 saturated heterocycles. The maximum Gasteiger partial charge on any atom is 0.176 e. The van der Waals surface area contributed by atoms with Gasteiger partial charge in [0.2, 0.25) is 0 Å². The minimum Gasteiger partial charge on any atom is -0.353 e. The topological polar surface area (TPSA) is 57.4 Å². The molecule has 6 aromatic rings. The monoisotopic (exact) mass is 410 g/mol. The molecule has 4 nitrogen and oxygen atoms in total. The maximum atomic E-state index is 13.6. The van der Waals surface area contributed by atoms with Crippen LogP contribution in [-0.4, -0.2) is 20.2 Å². The molecular weight excluding hydrogens is 395 g/mol. The number of rotatable bonds is 3. The van der Waals surface area contributed by atoms with Gasteiger partial charge in [-0.25, -0.2) is 0 Å². The molecule has 0 radical (unpaired) electrons. The first-order valence-corrected chi connectivity index (χ1v) is 10.3. The number of hydrogen-bond acceptors (Lipinski definition) is 3. The van der Waals surface area contributed by atoms with Crippen LogP contribution in [0.3, 0.4) is 0 Å². The molecule has 0 spiro atoms. The number of benzene rings is 2. The molecule has 6 heteroatoms. The Morgan fingerprint density at radius 3 is 2.63 bits per heavy atom. The minimum atomic E-state index is -0.181. The number of thiophene rings is 1. The summed E-state index contributed by atoms with van der Waals surface area (Å²) in [5, 5.41) is 9.60. The second-order valence-electron chi connectivity index (χ2n) is 7.13. The van der Waals surface area contributed by atoms with E-state index in [-0.39, 0.29) is 5.13 Å². The Hall–Kier alpha value is -3.77. The third kappa shape index (κ3) is 2.73. The number of nitrogens with zero attached hydrogens (tertiary/aromatic N) is 2. The Balaban J connectivity index is 1.52. The van der Waals surface area contributed by atoms with Crippen molar-refractivity contribution in [2.24, 2.45) is 0 Å². The number of aromatic amines is 2. The zero-order valence-corrected chi connectivity index (χ0v) is 16.5.